The average Bonchev–Trinajstić information content (AvgIpc) is 3.41. The predicted octanol–water partition coefficient (Wildman–Crippen LogP) is 6.32. The average molecular weight is 493 g/mol. The molecule has 33 heavy (non-hydrogen) atoms. The number of thiophene rings is 1. The molecule has 9 heteroatoms. The van der Waals surface area contributed by atoms with E-state index < -0.39 is 0 Å². The Morgan fingerprint density at radius 1 is 1.09 bits per heavy atom. The first-order valence-corrected chi connectivity index (χ1v) is 12.7. The van der Waals surface area contributed by atoms with E-state index in [0.717, 1.165) is 39.9 Å². The van der Waals surface area contributed by atoms with Crippen LogP contribution in [0.15, 0.2) is 74.3 Å². The molecule has 1 aliphatic rings. The van der Waals surface area contributed by atoms with Gasteiger partial charge in [-0.3, -0.25) is 9.36 Å². The molecule has 6 rings (SSSR count). The predicted molar refractivity (Wildman–Crippen MR) is 131 cm³/mol. The summed E-state index contributed by atoms with van der Waals surface area (Å²) >= 11 is 8.91. The monoisotopic (exact) mass is 492 g/mol. The van der Waals surface area contributed by atoms with Gasteiger partial charge in [-0.15, -0.1) is 21.5 Å². The quantitative estimate of drug-likeness (QED) is 0.204. The van der Waals surface area contributed by atoms with E-state index in [1.807, 2.05) is 42.5 Å². The first kappa shape index (κ1) is 20.7. The first-order valence-electron chi connectivity index (χ1n) is 10.5. The van der Waals surface area contributed by atoms with Crippen LogP contribution >= 0.6 is 34.7 Å². The van der Waals surface area contributed by atoms with Crippen molar-refractivity contribution in [2.24, 2.45) is 0 Å². The number of hydrogen-bond donors (Lipinski definition) is 0. The molecule has 2 aromatic carbocycles. The van der Waals surface area contributed by atoms with Crippen molar-refractivity contribution in [1.29, 1.82) is 0 Å². The van der Waals surface area contributed by atoms with E-state index >= 15 is 0 Å². The van der Waals surface area contributed by atoms with E-state index in [1.54, 1.807) is 16.7 Å². The van der Waals surface area contributed by atoms with Crippen LogP contribution in [0.2, 0.25) is 5.02 Å². The van der Waals surface area contributed by atoms with Gasteiger partial charge in [0.05, 0.1) is 16.8 Å². The largest absolute Gasteiger partial charge is 0.420 e. The van der Waals surface area contributed by atoms with Crippen LogP contribution < -0.4 is 5.56 Å². The minimum atomic E-state index is -0.0239. The van der Waals surface area contributed by atoms with Gasteiger partial charge in [-0.25, -0.2) is 4.98 Å². The zero-order valence-electron chi connectivity index (χ0n) is 17.3. The molecule has 0 amide bonds. The van der Waals surface area contributed by atoms with Gasteiger partial charge in [0.25, 0.3) is 5.56 Å². The van der Waals surface area contributed by atoms with E-state index in [9.17, 15) is 4.79 Å². The SMILES string of the molecule is O=c1c2c(C3CC3)csc2nc(SCc2nnc(-c3ccc(Cl)cc3)o2)n1-c1ccccc1. The normalized spacial score (nSPS) is 13.6. The molecule has 0 aliphatic heterocycles. The Kier molecular flexibility index (Phi) is 5.28. The lowest BCUT2D eigenvalue weighted by Crippen LogP contribution is -2.21. The lowest BCUT2D eigenvalue weighted by Gasteiger charge is -2.12. The van der Waals surface area contributed by atoms with Crippen molar-refractivity contribution in [2.75, 3.05) is 0 Å². The Hall–Kier alpha value is -2.94. The van der Waals surface area contributed by atoms with Gasteiger partial charge in [-0.2, -0.15) is 0 Å². The highest BCUT2D eigenvalue weighted by Gasteiger charge is 2.29. The maximum Gasteiger partial charge on any atom is 0.267 e. The van der Waals surface area contributed by atoms with Crippen LogP contribution in [-0.2, 0) is 5.75 Å². The Labute approximate surface area is 202 Å². The third-order valence-corrected chi connectivity index (χ3v) is 7.59. The number of nitrogens with zero attached hydrogens (tertiary/aromatic N) is 4. The van der Waals surface area contributed by atoms with Crippen molar-refractivity contribution in [1.82, 2.24) is 19.7 Å². The summed E-state index contributed by atoms with van der Waals surface area (Å²) in [5, 5.41) is 12.4. The number of rotatable bonds is 6. The summed E-state index contributed by atoms with van der Waals surface area (Å²) in [6.07, 6.45) is 2.28. The molecule has 0 spiro atoms. The second-order valence-electron chi connectivity index (χ2n) is 7.81. The number of thioether (sulfide) groups is 1. The topological polar surface area (TPSA) is 73.8 Å². The Morgan fingerprint density at radius 2 is 1.88 bits per heavy atom. The molecule has 0 radical (unpaired) electrons. The van der Waals surface area contributed by atoms with Crippen LogP contribution in [0, 0.1) is 0 Å². The molecule has 3 aromatic heterocycles. The fourth-order valence-corrected chi connectivity index (χ4v) is 5.77. The molecule has 0 bridgehead atoms. The zero-order chi connectivity index (χ0) is 22.4. The van der Waals surface area contributed by atoms with Crippen molar-refractivity contribution in [2.45, 2.75) is 29.7 Å². The minimum absolute atomic E-state index is 0.0239. The van der Waals surface area contributed by atoms with Crippen molar-refractivity contribution < 1.29 is 4.42 Å². The van der Waals surface area contributed by atoms with E-state index in [2.05, 4.69) is 15.6 Å². The zero-order valence-corrected chi connectivity index (χ0v) is 19.7. The summed E-state index contributed by atoms with van der Waals surface area (Å²) in [7, 11) is 0. The fraction of sp³-hybridized carbons (Fsp3) is 0.167. The van der Waals surface area contributed by atoms with Gasteiger partial charge >= 0.3 is 0 Å². The van der Waals surface area contributed by atoms with Crippen LogP contribution in [0.3, 0.4) is 0 Å². The van der Waals surface area contributed by atoms with Gasteiger partial charge in [-0.1, -0.05) is 41.6 Å². The summed E-state index contributed by atoms with van der Waals surface area (Å²) in [6.45, 7) is 0. The fourth-order valence-electron chi connectivity index (χ4n) is 3.74. The standard InChI is InChI=1S/C24H17ClN4O2S2/c25-16-10-8-15(9-11-16)21-28-27-19(31-21)13-33-24-26-22-20(18(12-32-22)14-6-7-14)23(30)29(24)17-4-2-1-3-5-17/h1-5,8-12,14H,6-7,13H2. The molecule has 0 atom stereocenters. The first-order chi connectivity index (χ1) is 16.2. The molecule has 3 heterocycles. The third-order valence-electron chi connectivity index (χ3n) is 5.52. The maximum absolute atomic E-state index is 13.6. The summed E-state index contributed by atoms with van der Waals surface area (Å²) in [6, 6.07) is 16.9. The summed E-state index contributed by atoms with van der Waals surface area (Å²) in [5.41, 5.74) is 2.71. The minimum Gasteiger partial charge on any atom is -0.420 e. The Morgan fingerprint density at radius 3 is 2.64 bits per heavy atom. The molecular formula is C24H17ClN4O2S2. The highest BCUT2D eigenvalue weighted by Crippen LogP contribution is 2.44. The molecule has 6 nitrogen and oxygen atoms in total. The molecule has 1 fully saturated rings. The summed E-state index contributed by atoms with van der Waals surface area (Å²) in [4.78, 5) is 19.3. The molecule has 1 saturated carbocycles. The van der Waals surface area contributed by atoms with Crippen molar-refractivity contribution in [3.63, 3.8) is 0 Å². The van der Waals surface area contributed by atoms with Crippen LogP contribution in [0.4, 0.5) is 0 Å². The van der Waals surface area contributed by atoms with Crippen molar-refractivity contribution in [3.8, 4) is 17.1 Å². The highest BCUT2D eigenvalue weighted by atomic mass is 35.5. The number of fused-ring (bicyclic) bond motifs is 1. The maximum atomic E-state index is 13.6. The van der Waals surface area contributed by atoms with Gasteiger partial charge in [-0.05, 0) is 66.1 Å². The van der Waals surface area contributed by atoms with Gasteiger partial charge in [0.2, 0.25) is 11.8 Å². The van der Waals surface area contributed by atoms with Crippen molar-refractivity contribution >= 4 is 44.9 Å². The summed E-state index contributed by atoms with van der Waals surface area (Å²) < 4.78 is 7.54. The highest BCUT2D eigenvalue weighted by molar-refractivity contribution is 7.98. The number of hydrogen-bond acceptors (Lipinski definition) is 7. The van der Waals surface area contributed by atoms with E-state index in [0.29, 0.717) is 33.6 Å². The van der Waals surface area contributed by atoms with Crippen LogP contribution in [-0.4, -0.2) is 19.7 Å². The molecule has 0 N–H and O–H groups in total. The molecular weight excluding hydrogens is 476 g/mol. The molecule has 5 aromatic rings. The molecule has 1 aliphatic carbocycles. The van der Waals surface area contributed by atoms with Gasteiger partial charge in [0, 0.05) is 10.6 Å². The second kappa shape index (κ2) is 8.44. The Bertz CT molecular complexity index is 1510. The van der Waals surface area contributed by atoms with Crippen LogP contribution in [0.5, 0.6) is 0 Å². The van der Waals surface area contributed by atoms with Gasteiger partial charge < -0.3 is 4.42 Å². The smallest absolute Gasteiger partial charge is 0.267 e. The van der Waals surface area contributed by atoms with Gasteiger partial charge in [0.1, 0.15) is 4.83 Å². The van der Waals surface area contributed by atoms with E-state index in [4.69, 9.17) is 21.0 Å². The Balaban J connectivity index is 1.36. The number of halogens is 1. The molecule has 0 unspecified atom stereocenters. The molecule has 164 valence electrons. The lowest BCUT2D eigenvalue weighted by atomic mass is 10.1. The van der Waals surface area contributed by atoms with E-state index in [-0.39, 0.29) is 5.56 Å². The molecule has 0 saturated heterocycles. The number of benzene rings is 2. The van der Waals surface area contributed by atoms with Crippen molar-refractivity contribution in [3.05, 3.63) is 86.8 Å². The number of para-hydroxylation sites is 1. The summed E-state index contributed by atoms with van der Waals surface area (Å²) in [5.74, 6) is 1.77. The second-order valence-corrected chi connectivity index (χ2v) is 10.0. The van der Waals surface area contributed by atoms with Crippen LogP contribution in [0.25, 0.3) is 27.4 Å². The van der Waals surface area contributed by atoms with Gasteiger partial charge in [0.15, 0.2) is 5.16 Å². The van der Waals surface area contributed by atoms with Crippen LogP contribution in [0.1, 0.15) is 30.2 Å². The third kappa shape index (κ3) is 3.99. The number of aromatic nitrogens is 4. The lowest BCUT2D eigenvalue weighted by molar-refractivity contribution is 0.528. The van der Waals surface area contributed by atoms with E-state index in [1.165, 1.54) is 23.1 Å².